The molecule has 0 bridgehead atoms. The number of hydrogen-bond donors (Lipinski definition) is 1. The van der Waals surface area contributed by atoms with E-state index in [1.54, 1.807) is 0 Å². The minimum Gasteiger partial charge on any atom is -0.437 e. The second-order valence-electron chi connectivity index (χ2n) is 8.21. The van der Waals surface area contributed by atoms with E-state index < -0.39 is 55.4 Å². The summed E-state index contributed by atoms with van der Waals surface area (Å²) in [6.07, 6.45) is -7.25. The molecule has 3 aromatic rings. The molecule has 14 heteroatoms. The Morgan fingerprint density at radius 2 is 1.65 bits per heavy atom. The van der Waals surface area contributed by atoms with Crippen LogP contribution in [0.1, 0.15) is 24.1 Å². The molecule has 37 heavy (non-hydrogen) atoms. The number of amides is 1. The van der Waals surface area contributed by atoms with E-state index >= 15 is 0 Å². The van der Waals surface area contributed by atoms with E-state index in [-0.39, 0.29) is 30.2 Å². The first kappa shape index (κ1) is 26.4. The van der Waals surface area contributed by atoms with Crippen molar-refractivity contribution in [3.05, 3.63) is 72.2 Å². The molecule has 0 unspecified atom stereocenters. The van der Waals surface area contributed by atoms with Crippen LogP contribution in [0.2, 0.25) is 0 Å². The van der Waals surface area contributed by atoms with E-state index in [0.29, 0.717) is 6.07 Å². The third-order valence-corrected chi connectivity index (χ3v) is 7.82. The fourth-order valence-electron chi connectivity index (χ4n) is 3.56. The molecule has 0 aliphatic heterocycles. The molecule has 1 aliphatic carbocycles. The van der Waals surface area contributed by atoms with E-state index in [0.717, 1.165) is 36.5 Å². The van der Waals surface area contributed by atoms with Crippen molar-refractivity contribution in [3.8, 4) is 11.6 Å². The van der Waals surface area contributed by atoms with Crippen LogP contribution in [0.4, 0.5) is 32.0 Å². The Morgan fingerprint density at radius 3 is 2.22 bits per heavy atom. The molecule has 196 valence electrons. The van der Waals surface area contributed by atoms with Crippen LogP contribution < -0.4 is 10.1 Å². The zero-order valence-corrected chi connectivity index (χ0v) is 19.4. The number of hydrogen-bond acceptors (Lipinski definition) is 6. The molecule has 0 spiro atoms. The van der Waals surface area contributed by atoms with Crippen LogP contribution in [0.15, 0.2) is 65.8 Å². The molecule has 1 aliphatic rings. The van der Waals surface area contributed by atoms with Crippen LogP contribution in [0.25, 0.3) is 0 Å². The van der Waals surface area contributed by atoms with Gasteiger partial charge in [0.05, 0.1) is 33.8 Å². The molecular formula is C23H17F6N3O4S. The van der Waals surface area contributed by atoms with Gasteiger partial charge in [0, 0.05) is 12.0 Å². The lowest BCUT2D eigenvalue weighted by Gasteiger charge is -2.33. The summed E-state index contributed by atoms with van der Waals surface area (Å²) in [6, 6.07) is 8.08. The first-order valence-electron chi connectivity index (χ1n) is 10.6. The van der Waals surface area contributed by atoms with Crippen molar-refractivity contribution in [1.29, 1.82) is 0 Å². The molecule has 0 saturated heterocycles. The standard InChI is InChI=1S/C23H17F6N3O4S/c24-22(25,26)14-2-1-3-17(10-14)37(34,35)18-8-13(9-18)21(33)32-15-4-7-20(31-11-15)36-16-5-6-19(30-12-16)23(27,28)29/h1-7,10-13,18H,8-9H2,(H,32,33)/t13-,18-. The second kappa shape index (κ2) is 9.65. The van der Waals surface area contributed by atoms with Gasteiger partial charge in [-0.15, -0.1) is 0 Å². The van der Waals surface area contributed by atoms with Gasteiger partial charge < -0.3 is 10.1 Å². The molecule has 1 N–H and O–H groups in total. The highest BCUT2D eigenvalue weighted by Crippen LogP contribution is 2.38. The van der Waals surface area contributed by atoms with Gasteiger partial charge in [0.1, 0.15) is 11.4 Å². The largest absolute Gasteiger partial charge is 0.437 e. The molecule has 0 radical (unpaired) electrons. The van der Waals surface area contributed by atoms with Gasteiger partial charge >= 0.3 is 12.4 Å². The Labute approximate surface area is 206 Å². The van der Waals surface area contributed by atoms with Gasteiger partial charge in [-0.25, -0.2) is 18.4 Å². The first-order chi connectivity index (χ1) is 17.2. The number of nitrogens with zero attached hydrogens (tertiary/aromatic N) is 2. The molecule has 1 fully saturated rings. The lowest BCUT2D eigenvalue weighted by molar-refractivity contribution is -0.141. The van der Waals surface area contributed by atoms with Crippen LogP contribution in [0.5, 0.6) is 11.6 Å². The zero-order valence-electron chi connectivity index (χ0n) is 18.5. The summed E-state index contributed by atoms with van der Waals surface area (Å²) in [4.78, 5) is 19.2. The maximum absolute atomic E-state index is 12.9. The lowest BCUT2D eigenvalue weighted by Crippen LogP contribution is -2.42. The molecule has 1 aromatic carbocycles. The molecule has 0 atom stereocenters. The highest BCUT2D eigenvalue weighted by molar-refractivity contribution is 7.92. The molecule has 7 nitrogen and oxygen atoms in total. The number of rotatable bonds is 6. The maximum atomic E-state index is 12.9. The zero-order chi connectivity index (χ0) is 27.0. The molecule has 2 aromatic heterocycles. The number of carbonyl (C=O) groups excluding carboxylic acids is 1. The second-order valence-corrected chi connectivity index (χ2v) is 10.4. The van der Waals surface area contributed by atoms with Crippen molar-refractivity contribution in [2.24, 2.45) is 5.92 Å². The predicted molar refractivity (Wildman–Crippen MR) is 117 cm³/mol. The lowest BCUT2D eigenvalue weighted by atomic mass is 9.84. The molecular weight excluding hydrogens is 528 g/mol. The SMILES string of the molecule is O=C(Nc1ccc(Oc2ccc(C(F)(F)F)nc2)nc1)[C@H]1C[C@H](S(=O)(=O)c2cccc(C(F)(F)F)c2)C1. The van der Waals surface area contributed by atoms with Gasteiger partial charge in [-0.1, -0.05) is 6.07 Å². The van der Waals surface area contributed by atoms with Crippen molar-refractivity contribution in [1.82, 2.24) is 9.97 Å². The van der Waals surface area contributed by atoms with Crippen molar-refractivity contribution in [2.75, 3.05) is 5.32 Å². The van der Waals surface area contributed by atoms with Crippen LogP contribution in [0, 0.1) is 5.92 Å². The van der Waals surface area contributed by atoms with Crippen molar-refractivity contribution < 1.29 is 44.3 Å². The van der Waals surface area contributed by atoms with E-state index in [2.05, 4.69) is 15.3 Å². The summed E-state index contributed by atoms with van der Waals surface area (Å²) in [5, 5.41) is 1.57. The summed E-state index contributed by atoms with van der Waals surface area (Å²) >= 11 is 0. The molecule has 2 heterocycles. The van der Waals surface area contributed by atoms with Crippen LogP contribution in [0.3, 0.4) is 0 Å². The number of halogens is 6. The summed E-state index contributed by atoms with van der Waals surface area (Å²) in [6.45, 7) is 0. The first-order valence-corrected chi connectivity index (χ1v) is 12.2. The van der Waals surface area contributed by atoms with Gasteiger partial charge in [0.2, 0.25) is 11.8 Å². The normalized spacial score (nSPS) is 18.1. The van der Waals surface area contributed by atoms with Gasteiger partial charge in [0.15, 0.2) is 9.84 Å². The number of benzene rings is 1. The van der Waals surface area contributed by atoms with Gasteiger partial charge in [-0.3, -0.25) is 4.79 Å². The fraction of sp³-hybridized carbons (Fsp3) is 0.261. The quantitative estimate of drug-likeness (QED) is 0.411. The number of anilines is 1. The van der Waals surface area contributed by atoms with E-state index in [4.69, 9.17) is 4.74 Å². The van der Waals surface area contributed by atoms with Gasteiger partial charge in [0.25, 0.3) is 0 Å². The summed E-state index contributed by atoms with van der Waals surface area (Å²) in [7, 11) is -4.05. The van der Waals surface area contributed by atoms with E-state index in [1.807, 2.05) is 0 Å². The number of pyridine rings is 2. The Bertz CT molecular complexity index is 1390. The van der Waals surface area contributed by atoms with E-state index in [1.165, 1.54) is 18.3 Å². The Kier molecular flexibility index (Phi) is 6.88. The minimum absolute atomic E-state index is 0.0137. The number of aromatic nitrogens is 2. The van der Waals surface area contributed by atoms with Crippen molar-refractivity contribution in [3.63, 3.8) is 0 Å². The average molecular weight is 545 g/mol. The van der Waals surface area contributed by atoms with Gasteiger partial charge in [-0.2, -0.15) is 26.3 Å². The number of sulfone groups is 1. The summed E-state index contributed by atoms with van der Waals surface area (Å²) in [5.41, 5.74) is -1.89. The number of nitrogens with one attached hydrogen (secondary N) is 1. The highest BCUT2D eigenvalue weighted by Gasteiger charge is 2.43. The van der Waals surface area contributed by atoms with Crippen molar-refractivity contribution >= 4 is 21.4 Å². The van der Waals surface area contributed by atoms with Crippen LogP contribution in [-0.4, -0.2) is 29.5 Å². The highest BCUT2D eigenvalue weighted by atomic mass is 32.2. The molecule has 1 amide bonds. The third-order valence-electron chi connectivity index (χ3n) is 5.65. The number of ether oxygens (including phenoxy) is 1. The third kappa shape index (κ3) is 6.01. The summed E-state index contributed by atoms with van der Waals surface area (Å²) in [5.74, 6) is -1.12. The maximum Gasteiger partial charge on any atom is 0.433 e. The smallest absolute Gasteiger partial charge is 0.433 e. The number of alkyl halides is 6. The molecule has 4 rings (SSSR count). The van der Waals surface area contributed by atoms with Gasteiger partial charge in [-0.05, 0) is 49.2 Å². The van der Waals surface area contributed by atoms with Crippen LogP contribution >= 0.6 is 0 Å². The number of carbonyl (C=O) groups is 1. The topological polar surface area (TPSA) is 98.2 Å². The summed E-state index contributed by atoms with van der Waals surface area (Å²) < 4.78 is 107. The average Bonchev–Trinajstić information content (AvgIpc) is 2.78. The Morgan fingerprint density at radius 1 is 0.919 bits per heavy atom. The molecule has 1 saturated carbocycles. The minimum atomic E-state index is -4.68. The predicted octanol–water partition coefficient (Wildman–Crippen LogP) is 5.50. The Hall–Kier alpha value is -3.68. The monoisotopic (exact) mass is 545 g/mol. The van der Waals surface area contributed by atoms with Crippen molar-refractivity contribution in [2.45, 2.75) is 35.3 Å². The van der Waals surface area contributed by atoms with Crippen LogP contribution in [-0.2, 0) is 27.0 Å². The van der Waals surface area contributed by atoms with E-state index in [9.17, 15) is 39.6 Å². The fourth-order valence-corrected chi connectivity index (χ4v) is 5.48. The Balaban J connectivity index is 1.32.